The standard InChI is InChI=1S/C12H19N3OS.2ClH/c1-7-4-14-12(17-7)9(3)15-11(16)8(2)10-5-13-6-10;;/h4,8-10,13H,5-6H2,1-3H3,(H,15,16);2*1H. The van der Waals surface area contributed by atoms with Crippen LogP contribution in [0.15, 0.2) is 6.20 Å². The Labute approximate surface area is 130 Å². The molecule has 2 atom stereocenters. The summed E-state index contributed by atoms with van der Waals surface area (Å²) >= 11 is 1.64. The Kier molecular flexibility index (Phi) is 7.89. The molecule has 1 aromatic heterocycles. The van der Waals surface area contributed by atoms with Gasteiger partial charge in [0.15, 0.2) is 0 Å². The van der Waals surface area contributed by atoms with Crippen LogP contribution in [0.25, 0.3) is 0 Å². The number of halogens is 2. The second-order valence-corrected chi connectivity index (χ2v) is 6.01. The fourth-order valence-corrected chi connectivity index (χ4v) is 2.63. The predicted molar refractivity (Wildman–Crippen MR) is 83.4 cm³/mol. The molecule has 1 aliphatic rings. The Morgan fingerprint density at radius 1 is 1.47 bits per heavy atom. The Bertz CT molecular complexity index is 409. The second kappa shape index (κ2) is 8.04. The first kappa shape index (κ1) is 18.6. The van der Waals surface area contributed by atoms with E-state index < -0.39 is 0 Å². The van der Waals surface area contributed by atoms with Crippen LogP contribution in [-0.2, 0) is 4.79 Å². The van der Waals surface area contributed by atoms with E-state index in [1.165, 1.54) is 4.88 Å². The summed E-state index contributed by atoms with van der Waals surface area (Å²) in [6.45, 7) is 7.93. The zero-order chi connectivity index (χ0) is 12.4. The fraction of sp³-hybridized carbons (Fsp3) is 0.667. The van der Waals surface area contributed by atoms with E-state index in [2.05, 4.69) is 15.6 Å². The number of carbonyl (C=O) groups is 1. The van der Waals surface area contributed by atoms with Crippen molar-refractivity contribution in [3.63, 3.8) is 0 Å². The van der Waals surface area contributed by atoms with Gasteiger partial charge in [-0.15, -0.1) is 36.2 Å². The molecule has 0 spiro atoms. The van der Waals surface area contributed by atoms with Gasteiger partial charge < -0.3 is 10.6 Å². The minimum atomic E-state index is 0. The Balaban J connectivity index is 0.00000162. The average molecular weight is 326 g/mol. The van der Waals surface area contributed by atoms with E-state index in [4.69, 9.17) is 0 Å². The summed E-state index contributed by atoms with van der Waals surface area (Å²) in [5.74, 6) is 0.705. The molecule has 1 aromatic rings. The molecular weight excluding hydrogens is 305 g/mol. The highest BCUT2D eigenvalue weighted by Gasteiger charge is 2.29. The molecule has 0 radical (unpaired) electrons. The topological polar surface area (TPSA) is 54.0 Å². The van der Waals surface area contributed by atoms with Crippen LogP contribution < -0.4 is 10.6 Å². The van der Waals surface area contributed by atoms with E-state index in [1.807, 2.05) is 27.0 Å². The van der Waals surface area contributed by atoms with Crippen LogP contribution in [0.1, 0.15) is 29.8 Å². The highest BCUT2D eigenvalue weighted by Crippen LogP contribution is 2.21. The first-order valence-corrected chi connectivity index (χ1v) is 6.83. The molecule has 0 aliphatic carbocycles. The van der Waals surface area contributed by atoms with Crippen LogP contribution in [-0.4, -0.2) is 24.0 Å². The summed E-state index contributed by atoms with van der Waals surface area (Å²) < 4.78 is 0. The molecule has 2 heterocycles. The van der Waals surface area contributed by atoms with Gasteiger partial charge in [-0.1, -0.05) is 6.92 Å². The number of aryl methyl sites for hydroxylation is 1. The van der Waals surface area contributed by atoms with Crippen molar-refractivity contribution >= 4 is 42.1 Å². The summed E-state index contributed by atoms with van der Waals surface area (Å²) in [5.41, 5.74) is 0. The highest BCUT2D eigenvalue weighted by atomic mass is 35.5. The number of aromatic nitrogens is 1. The van der Waals surface area contributed by atoms with E-state index in [0.717, 1.165) is 18.1 Å². The first-order chi connectivity index (χ1) is 8.08. The fourth-order valence-electron chi connectivity index (χ4n) is 1.86. The molecule has 1 fully saturated rings. The second-order valence-electron chi connectivity index (χ2n) is 4.75. The number of hydrogen-bond donors (Lipinski definition) is 2. The van der Waals surface area contributed by atoms with Crippen LogP contribution in [0.4, 0.5) is 0 Å². The smallest absolute Gasteiger partial charge is 0.223 e. The van der Waals surface area contributed by atoms with E-state index >= 15 is 0 Å². The van der Waals surface area contributed by atoms with E-state index in [1.54, 1.807) is 11.3 Å². The van der Waals surface area contributed by atoms with Gasteiger partial charge in [0, 0.05) is 17.0 Å². The minimum Gasteiger partial charge on any atom is -0.347 e. The number of rotatable bonds is 4. The van der Waals surface area contributed by atoms with Crippen molar-refractivity contribution in [3.8, 4) is 0 Å². The van der Waals surface area contributed by atoms with Gasteiger partial charge in [0.1, 0.15) is 5.01 Å². The molecule has 4 nitrogen and oxygen atoms in total. The third-order valence-electron chi connectivity index (χ3n) is 3.30. The Hall–Kier alpha value is -0.360. The van der Waals surface area contributed by atoms with Gasteiger partial charge in [-0.05, 0) is 32.9 Å². The van der Waals surface area contributed by atoms with Crippen molar-refractivity contribution < 1.29 is 4.79 Å². The van der Waals surface area contributed by atoms with Crippen molar-refractivity contribution in [1.82, 2.24) is 15.6 Å². The predicted octanol–water partition coefficient (Wildman–Crippen LogP) is 2.33. The van der Waals surface area contributed by atoms with Crippen molar-refractivity contribution in [2.24, 2.45) is 11.8 Å². The van der Waals surface area contributed by atoms with Crippen molar-refractivity contribution in [2.45, 2.75) is 26.8 Å². The van der Waals surface area contributed by atoms with E-state index in [9.17, 15) is 4.79 Å². The minimum absolute atomic E-state index is 0. The van der Waals surface area contributed by atoms with Gasteiger partial charge in [0.25, 0.3) is 0 Å². The Morgan fingerprint density at radius 3 is 2.53 bits per heavy atom. The first-order valence-electron chi connectivity index (χ1n) is 6.01. The molecule has 0 saturated carbocycles. The van der Waals surface area contributed by atoms with Gasteiger partial charge in [0.05, 0.1) is 6.04 Å². The van der Waals surface area contributed by atoms with Gasteiger partial charge in [-0.25, -0.2) is 4.98 Å². The van der Waals surface area contributed by atoms with Gasteiger partial charge in [-0.2, -0.15) is 0 Å². The van der Waals surface area contributed by atoms with Crippen LogP contribution in [0.2, 0.25) is 0 Å². The number of amides is 1. The lowest BCUT2D eigenvalue weighted by Crippen LogP contribution is -2.49. The lowest BCUT2D eigenvalue weighted by atomic mass is 9.88. The van der Waals surface area contributed by atoms with Crippen molar-refractivity contribution in [3.05, 3.63) is 16.1 Å². The normalized spacial score (nSPS) is 17.4. The van der Waals surface area contributed by atoms with Crippen LogP contribution in [0.3, 0.4) is 0 Å². The molecular formula is C12H21Cl2N3OS. The third-order valence-corrected chi connectivity index (χ3v) is 4.40. The summed E-state index contributed by atoms with van der Waals surface area (Å²) in [5, 5.41) is 7.22. The summed E-state index contributed by atoms with van der Waals surface area (Å²) in [7, 11) is 0. The highest BCUT2D eigenvalue weighted by molar-refractivity contribution is 7.11. The molecule has 1 saturated heterocycles. The van der Waals surface area contributed by atoms with Crippen LogP contribution >= 0.6 is 36.2 Å². The quantitative estimate of drug-likeness (QED) is 0.893. The summed E-state index contributed by atoms with van der Waals surface area (Å²) in [4.78, 5) is 17.5. The van der Waals surface area contributed by atoms with Crippen molar-refractivity contribution in [2.75, 3.05) is 13.1 Å². The lowest BCUT2D eigenvalue weighted by molar-refractivity contribution is -0.127. The number of thiazole rings is 1. The monoisotopic (exact) mass is 325 g/mol. The maximum atomic E-state index is 12.0. The van der Waals surface area contributed by atoms with Gasteiger partial charge in [-0.3, -0.25) is 4.79 Å². The average Bonchev–Trinajstić information content (AvgIpc) is 2.62. The number of nitrogens with one attached hydrogen (secondary N) is 2. The Morgan fingerprint density at radius 2 is 2.11 bits per heavy atom. The lowest BCUT2D eigenvalue weighted by Gasteiger charge is -2.32. The zero-order valence-corrected chi connectivity index (χ0v) is 13.8. The molecule has 7 heteroatoms. The molecule has 0 bridgehead atoms. The summed E-state index contributed by atoms with van der Waals surface area (Å²) in [6.07, 6.45) is 1.85. The van der Waals surface area contributed by atoms with E-state index in [-0.39, 0.29) is 42.7 Å². The largest absolute Gasteiger partial charge is 0.347 e. The van der Waals surface area contributed by atoms with Crippen molar-refractivity contribution in [1.29, 1.82) is 0 Å². The maximum absolute atomic E-state index is 12.0. The van der Waals surface area contributed by atoms with Crippen LogP contribution in [0, 0.1) is 18.8 Å². The van der Waals surface area contributed by atoms with E-state index in [0.29, 0.717) is 5.92 Å². The van der Waals surface area contributed by atoms with Gasteiger partial charge in [0.2, 0.25) is 5.91 Å². The summed E-state index contributed by atoms with van der Waals surface area (Å²) in [6, 6.07) is 0.0108. The zero-order valence-electron chi connectivity index (χ0n) is 11.3. The maximum Gasteiger partial charge on any atom is 0.223 e. The molecule has 0 aromatic carbocycles. The molecule has 2 N–H and O–H groups in total. The van der Waals surface area contributed by atoms with Crippen LogP contribution in [0.5, 0.6) is 0 Å². The molecule has 2 unspecified atom stereocenters. The SMILES string of the molecule is Cc1cnc(C(C)NC(=O)C(C)C2CNC2)s1.Cl.Cl. The molecule has 1 aliphatic heterocycles. The molecule has 19 heavy (non-hydrogen) atoms. The number of hydrogen-bond acceptors (Lipinski definition) is 4. The van der Waals surface area contributed by atoms with Gasteiger partial charge >= 0.3 is 0 Å². The molecule has 110 valence electrons. The molecule has 1 amide bonds. The molecule has 2 rings (SSSR count). The number of nitrogens with zero attached hydrogens (tertiary/aromatic N) is 1. The number of carbonyl (C=O) groups excluding carboxylic acids is 1. The third kappa shape index (κ3) is 4.60.